The van der Waals surface area contributed by atoms with Crippen molar-refractivity contribution < 1.29 is 0 Å². The Balaban J connectivity index is 2.04. The Kier molecular flexibility index (Phi) is 2.45. The molecule has 0 aromatic carbocycles. The number of thioether (sulfide) groups is 1. The summed E-state index contributed by atoms with van der Waals surface area (Å²) in [6.07, 6.45) is 1.88. The van der Waals surface area contributed by atoms with E-state index in [0.29, 0.717) is 6.04 Å². The van der Waals surface area contributed by atoms with Gasteiger partial charge in [0.2, 0.25) is 0 Å². The van der Waals surface area contributed by atoms with E-state index in [1.54, 1.807) is 11.3 Å². The Morgan fingerprint density at radius 3 is 3.27 bits per heavy atom. The van der Waals surface area contributed by atoms with Crippen LogP contribution in [0.3, 0.4) is 0 Å². The molecule has 4 heteroatoms. The van der Waals surface area contributed by atoms with Crippen molar-refractivity contribution in [3.05, 3.63) is 16.6 Å². The molecule has 0 bridgehead atoms. The van der Waals surface area contributed by atoms with E-state index in [-0.39, 0.29) is 0 Å². The average Bonchev–Trinajstić information content (AvgIpc) is 2.58. The van der Waals surface area contributed by atoms with Gasteiger partial charge in [-0.05, 0) is 0 Å². The van der Waals surface area contributed by atoms with Gasteiger partial charge in [-0.25, -0.2) is 4.98 Å². The molecule has 2 nitrogen and oxygen atoms in total. The largest absolute Gasteiger partial charge is 0.306 e. The minimum Gasteiger partial charge on any atom is -0.306 e. The van der Waals surface area contributed by atoms with Crippen molar-refractivity contribution in [2.24, 2.45) is 0 Å². The van der Waals surface area contributed by atoms with E-state index in [0.717, 1.165) is 6.54 Å². The van der Waals surface area contributed by atoms with Crippen molar-refractivity contribution in [2.45, 2.75) is 6.04 Å². The normalized spacial score (nSPS) is 25.3. The van der Waals surface area contributed by atoms with E-state index in [1.165, 1.54) is 16.5 Å². The van der Waals surface area contributed by atoms with Crippen LogP contribution in [-0.4, -0.2) is 23.0 Å². The van der Waals surface area contributed by atoms with Crippen LogP contribution in [0.4, 0.5) is 0 Å². The zero-order chi connectivity index (χ0) is 7.52. The maximum absolute atomic E-state index is 4.28. The fourth-order valence-electron chi connectivity index (χ4n) is 1.13. The molecule has 1 saturated heterocycles. The molecular weight excluding hydrogens is 176 g/mol. The van der Waals surface area contributed by atoms with Crippen LogP contribution in [0.25, 0.3) is 0 Å². The molecule has 0 saturated carbocycles. The highest BCUT2D eigenvalue weighted by Crippen LogP contribution is 2.22. The lowest BCUT2D eigenvalue weighted by atomic mass is 10.3. The van der Waals surface area contributed by atoms with Gasteiger partial charge in [-0.2, -0.15) is 11.8 Å². The summed E-state index contributed by atoms with van der Waals surface area (Å²) in [4.78, 5) is 4.28. The molecule has 1 aliphatic heterocycles. The van der Waals surface area contributed by atoms with Crippen molar-refractivity contribution in [2.75, 3.05) is 18.1 Å². The standard InChI is InChI=1S/C7H10N2S2/c1-3-10-5-6(8-1)7-9-2-4-11-7/h2,4,6,8H,1,3,5H2/t6-/m1/s1. The summed E-state index contributed by atoms with van der Waals surface area (Å²) in [5.74, 6) is 2.41. The molecule has 2 heterocycles. The van der Waals surface area contributed by atoms with Crippen LogP contribution < -0.4 is 5.32 Å². The Bertz CT molecular complexity index is 204. The van der Waals surface area contributed by atoms with Crippen LogP contribution in [0.1, 0.15) is 11.0 Å². The Labute approximate surface area is 74.4 Å². The Morgan fingerprint density at radius 2 is 2.64 bits per heavy atom. The topological polar surface area (TPSA) is 24.9 Å². The molecule has 1 aromatic rings. The molecule has 1 aromatic heterocycles. The van der Waals surface area contributed by atoms with Crippen molar-refractivity contribution >= 4 is 23.1 Å². The summed E-state index contributed by atoms with van der Waals surface area (Å²) in [6, 6.07) is 0.508. The zero-order valence-corrected chi connectivity index (χ0v) is 7.75. The van der Waals surface area contributed by atoms with E-state index >= 15 is 0 Å². The molecule has 1 aliphatic rings. The molecule has 0 spiro atoms. The van der Waals surface area contributed by atoms with E-state index in [4.69, 9.17) is 0 Å². The number of rotatable bonds is 1. The van der Waals surface area contributed by atoms with Crippen LogP contribution in [0, 0.1) is 0 Å². The summed E-state index contributed by atoms with van der Waals surface area (Å²) < 4.78 is 0. The summed E-state index contributed by atoms with van der Waals surface area (Å²) in [7, 11) is 0. The summed E-state index contributed by atoms with van der Waals surface area (Å²) in [5, 5.41) is 6.72. The fraction of sp³-hybridized carbons (Fsp3) is 0.571. The number of aromatic nitrogens is 1. The lowest BCUT2D eigenvalue weighted by molar-refractivity contribution is 0.592. The number of hydrogen-bond acceptors (Lipinski definition) is 4. The molecule has 2 rings (SSSR count). The first-order valence-corrected chi connectivity index (χ1v) is 5.71. The second-order valence-corrected chi connectivity index (χ2v) is 4.53. The van der Waals surface area contributed by atoms with Gasteiger partial charge >= 0.3 is 0 Å². The molecule has 1 atom stereocenters. The van der Waals surface area contributed by atoms with Crippen molar-refractivity contribution in [3.8, 4) is 0 Å². The highest BCUT2D eigenvalue weighted by molar-refractivity contribution is 7.99. The van der Waals surface area contributed by atoms with Gasteiger partial charge < -0.3 is 5.32 Å². The summed E-state index contributed by atoms with van der Waals surface area (Å²) in [5.41, 5.74) is 0. The average molecular weight is 186 g/mol. The number of thiazole rings is 1. The minimum absolute atomic E-state index is 0.508. The molecule has 0 radical (unpaired) electrons. The van der Waals surface area contributed by atoms with E-state index in [2.05, 4.69) is 10.3 Å². The lowest BCUT2D eigenvalue weighted by Crippen LogP contribution is -2.29. The van der Waals surface area contributed by atoms with E-state index in [1.807, 2.05) is 23.3 Å². The van der Waals surface area contributed by atoms with Gasteiger partial charge in [-0.15, -0.1) is 11.3 Å². The zero-order valence-electron chi connectivity index (χ0n) is 6.12. The van der Waals surface area contributed by atoms with Gasteiger partial charge in [-0.1, -0.05) is 0 Å². The maximum Gasteiger partial charge on any atom is 0.110 e. The van der Waals surface area contributed by atoms with Crippen molar-refractivity contribution in [1.29, 1.82) is 0 Å². The van der Waals surface area contributed by atoms with Crippen molar-refractivity contribution in [1.82, 2.24) is 10.3 Å². The molecule has 60 valence electrons. The van der Waals surface area contributed by atoms with Gasteiger partial charge in [-0.3, -0.25) is 0 Å². The lowest BCUT2D eigenvalue weighted by Gasteiger charge is -2.20. The first kappa shape index (κ1) is 7.58. The maximum atomic E-state index is 4.28. The van der Waals surface area contributed by atoms with Gasteiger partial charge in [0, 0.05) is 29.6 Å². The molecule has 11 heavy (non-hydrogen) atoms. The molecule has 0 amide bonds. The Hall–Kier alpha value is -0.0600. The number of nitrogens with zero attached hydrogens (tertiary/aromatic N) is 1. The highest BCUT2D eigenvalue weighted by atomic mass is 32.2. The number of nitrogens with one attached hydrogen (secondary N) is 1. The van der Waals surface area contributed by atoms with E-state index in [9.17, 15) is 0 Å². The first-order chi connectivity index (χ1) is 5.47. The monoisotopic (exact) mass is 186 g/mol. The second kappa shape index (κ2) is 3.56. The number of hydrogen-bond donors (Lipinski definition) is 1. The third-order valence-corrected chi connectivity index (χ3v) is 3.62. The van der Waals surface area contributed by atoms with Crippen LogP contribution >= 0.6 is 23.1 Å². The van der Waals surface area contributed by atoms with Gasteiger partial charge in [0.15, 0.2) is 0 Å². The molecule has 0 unspecified atom stereocenters. The second-order valence-electron chi connectivity index (χ2n) is 2.45. The summed E-state index contributed by atoms with van der Waals surface area (Å²) >= 11 is 3.75. The summed E-state index contributed by atoms with van der Waals surface area (Å²) in [6.45, 7) is 1.12. The fourth-order valence-corrected chi connectivity index (χ4v) is 2.89. The minimum atomic E-state index is 0.508. The molecular formula is C7H10N2S2. The highest BCUT2D eigenvalue weighted by Gasteiger charge is 2.16. The SMILES string of the molecule is c1csc([C@H]2CSCCN2)n1. The van der Waals surface area contributed by atoms with Crippen LogP contribution in [0.5, 0.6) is 0 Å². The van der Waals surface area contributed by atoms with Gasteiger partial charge in [0.25, 0.3) is 0 Å². The third kappa shape index (κ3) is 1.75. The smallest absolute Gasteiger partial charge is 0.110 e. The van der Waals surface area contributed by atoms with Crippen LogP contribution in [0.2, 0.25) is 0 Å². The Morgan fingerprint density at radius 1 is 1.64 bits per heavy atom. The molecule has 0 aliphatic carbocycles. The predicted molar refractivity (Wildman–Crippen MR) is 50.2 cm³/mol. The molecule has 1 N–H and O–H groups in total. The van der Waals surface area contributed by atoms with E-state index < -0.39 is 0 Å². The quantitative estimate of drug-likeness (QED) is 0.720. The van der Waals surface area contributed by atoms with Gasteiger partial charge in [0.05, 0.1) is 6.04 Å². The molecule has 1 fully saturated rings. The third-order valence-electron chi connectivity index (χ3n) is 1.67. The van der Waals surface area contributed by atoms with Crippen LogP contribution in [0.15, 0.2) is 11.6 Å². The van der Waals surface area contributed by atoms with Gasteiger partial charge in [0.1, 0.15) is 5.01 Å². The predicted octanol–water partition coefficient (Wildman–Crippen LogP) is 1.52. The van der Waals surface area contributed by atoms with Crippen molar-refractivity contribution in [3.63, 3.8) is 0 Å². The van der Waals surface area contributed by atoms with Crippen LogP contribution in [-0.2, 0) is 0 Å². The first-order valence-electron chi connectivity index (χ1n) is 3.67.